The molecule has 31 heavy (non-hydrogen) atoms. The average molecular weight is 418 g/mol. The number of rotatable bonds is 7. The molecule has 0 aliphatic heterocycles. The van der Waals surface area contributed by atoms with Crippen molar-refractivity contribution in [2.24, 2.45) is 5.92 Å². The zero-order valence-corrected chi connectivity index (χ0v) is 17.2. The first-order chi connectivity index (χ1) is 15.0. The molecule has 4 rings (SSSR count). The first kappa shape index (κ1) is 20.3. The van der Waals surface area contributed by atoms with Gasteiger partial charge in [0, 0.05) is 0 Å². The van der Waals surface area contributed by atoms with Crippen LogP contribution < -0.4 is 10.3 Å². The first-order valence-electron chi connectivity index (χ1n) is 9.99. The second-order valence-corrected chi connectivity index (χ2v) is 7.30. The molecule has 0 saturated heterocycles. The van der Waals surface area contributed by atoms with Crippen molar-refractivity contribution in [2.45, 2.75) is 20.3 Å². The fourth-order valence-electron chi connectivity index (χ4n) is 3.46. The van der Waals surface area contributed by atoms with E-state index in [-0.39, 0.29) is 5.56 Å². The van der Waals surface area contributed by atoms with E-state index in [0.29, 0.717) is 41.3 Å². The highest BCUT2D eigenvalue weighted by Gasteiger charge is 2.15. The Labute approximate surface area is 178 Å². The van der Waals surface area contributed by atoms with Crippen LogP contribution in [0.2, 0.25) is 0 Å². The number of aromatic amines is 2. The lowest BCUT2D eigenvalue weighted by molar-refractivity contribution is -0.141. The van der Waals surface area contributed by atoms with Crippen LogP contribution in [0.15, 0.2) is 53.6 Å². The van der Waals surface area contributed by atoms with Gasteiger partial charge in [-0.25, -0.2) is 9.97 Å². The summed E-state index contributed by atoms with van der Waals surface area (Å²) < 4.78 is 5.85. The Balaban J connectivity index is 1.74. The lowest BCUT2D eigenvalue weighted by atomic mass is 9.96. The fraction of sp³-hybridized carbons (Fsp3) is 0.217. The normalized spacial score (nSPS) is 12.1. The lowest BCUT2D eigenvalue weighted by Gasteiger charge is -2.13. The number of nitrogens with one attached hydrogen (secondary N) is 2. The predicted octanol–water partition coefficient (Wildman–Crippen LogP) is 3.64. The molecule has 0 radical (unpaired) electrons. The molecule has 2 heterocycles. The standard InChI is InChI=1S/C23H22N4O4/c1-3-31-18-11-16(15-6-4-5-14(10-15)9-13(2)23(29)30)7-8-17(18)20-26-21-19(22(28)27-20)24-12-25-21/h4-8,10-13H,3,9H2,1-2H3,(H,29,30)(H2,24,25,26,27,28)/t13-/m1/s1. The highest BCUT2D eigenvalue weighted by Crippen LogP contribution is 2.33. The third-order valence-corrected chi connectivity index (χ3v) is 5.06. The molecule has 0 fully saturated rings. The highest BCUT2D eigenvalue weighted by atomic mass is 16.5. The molecule has 158 valence electrons. The number of carbonyl (C=O) groups is 1. The summed E-state index contributed by atoms with van der Waals surface area (Å²) in [5, 5.41) is 9.18. The van der Waals surface area contributed by atoms with E-state index in [1.54, 1.807) is 6.92 Å². The third kappa shape index (κ3) is 4.18. The molecule has 0 spiro atoms. The molecule has 8 heteroatoms. The Morgan fingerprint density at radius 1 is 1.19 bits per heavy atom. The molecule has 0 saturated carbocycles. The number of carboxylic acids is 1. The van der Waals surface area contributed by atoms with E-state index in [1.165, 1.54) is 6.33 Å². The molecular weight excluding hydrogens is 396 g/mol. The van der Waals surface area contributed by atoms with Crippen molar-refractivity contribution < 1.29 is 14.6 Å². The maximum absolute atomic E-state index is 12.3. The number of hydrogen-bond donors (Lipinski definition) is 3. The summed E-state index contributed by atoms with van der Waals surface area (Å²) in [7, 11) is 0. The van der Waals surface area contributed by atoms with Gasteiger partial charge in [0.25, 0.3) is 5.56 Å². The predicted molar refractivity (Wildman–Crippen MR) is 117 cm³/mol. The topological polar surface area (TPSA) is 121 Å². The quantitative estimate of drug-likeness (QED) is 0.421. The van der Waals surface area contributed by atoms with Gasteiger partial charge in [-0.15, -0.1) is 0 Å². The number of aromatic nitrogens is 4. The smallest absolute Gasteiger partial charge is 0.306 e. The number of imidazole rings is 1. The second kappa shape index (κ2) is 8.43. The van der Waals surface area contributed by atoms with Gasteiger partial charge < -0.3 is 19.8 Å². The van der Waals surface area contributed by atoms with E-state index in [4.69, 9.17) is 4.74 Å². The summed E-state index contributed by atoms with van der Waals surface area (Å²) in [6.45, 7) is 4.03. The Bertz CT molecular complexity index is 1310. The van der Waals surface area contributed by atoms with E-state index in [2.05, 4.69) is 19.9 Å². The summed E-state index contributed by atoms with van der Waals surface area (Å²) in [6, 6.07) is 13.5. The summed E-state index contributed by atoms with van der Waals surface area (Å²) >= 11 is 0. The molecule has 0 aliphatic carbocycles. The van der Waals surface area contributed by atoms with Gasteiger partial charge in [0.15, 0.2) is 11.2 Å². The lowest BCUT2D eigenvalue weighted by Crippen LogP contribution is -2.12. The van der Waals surface area contributed by atoms with Gasteiger partial charge in [-0.2, -0.15) is 0 Å². The summed E-state index contributed by atoms with van der Waals surface area (Å²) in [5.74, 6) is -0.314. The number of fused-ring (bicyclic) bond motifs is 1. The largest absolute Gasteiger partial charge is 0.493 e. The third-order valence-electron chi connectivity index (χ3n) is 5.06. The Morgan fingerprint density at radius 2 is 2.00 bits per heavy atom. The van der Waals surface area contributed by atoms with Crippen LogP contribution in [0.5, 0.6) is 5.75 Å². The minimum Gasteiger partial charge on any atom is -0.493 e. The van der Waals surface area contributed by atoms with Gasteiger partial charge in [-0.05, 0) is 42.2 Å². The van der Waals surface area contributed by atoms with Crippen LogP contribution in [0.4, 0.5) is 0 Å². The van der Waals surface area contributed by atoms with E-state index >= 15 is 0 Å². The average Bonchev–Trinajstić information content (AvgIpc) is 3.23. The molecule has 8 nitrogen and oxygen atoms in total. The Kier molecular flexibility index (Phi) is 5.53. The van der Waals surface area contributed by atoms with Gasteiger partial charge in [0.2, 0.25) is 0 Å². The zero-order valence-electron chi connectivity index (χ0n) is 17.2. The van der Waals surface area contributed by atoms with Crippen LogP contribution in [0, 0.1) is 5.92 Å². The molecular formula is C23H22N4O4. The first-order valence-corrected chi connectivity index (χ1v) is 9.99. The fourth-order valence-corrected chi connectivity index (χ4v) is 3.46. The Morgan fingerprint density at radius 3 is 2.77 bits per heavy atom. The van der Waals surface area contributed by atoms with Crippen molar-refractivity contribution >= 4 is 17.1 Å². The number of nitrogens with zero attached hydrogens (tertiary/aromatic N) is 2. The SMILES string of the molecule is CCOc1cc(-c2cccc(C[C@@H](C)C(=O)O)c2)ccc1-c1nc2nc[nH]c2c(=O)[nH]1. The number of aliphatic carboxylic acids is 1. The van der Waals surface area contributed by atoms with Crippen LogP contribution in [-0.2, 0) is 11.2 Å². The maximum Gasteiger partial charge on any atom is 0.306 e. The minimum atomic E-state index is -0.816. The van der Waals surface area contributed by atoms with Crippen molar-refractivity contribution in [1.29, 1.82) is 0 Å². The monoisotopic (exact) mass is 418 g/mol. The summed E-state index contributed by atoms with van der Waals surface area (Å²) in [6.07, 6.45) is 1.88. The van der Waals surface area contributed by atoms with Gasteiger partial charge in [0.05, 0.1) is 24.4 Å². The molecule has 4 aromatic rings. The maximum atomic E-state index is 12.3. The van der Waals surface area contributed by atoms with E-state index in [1.807, 2.05) is 49.4 Å². The highest BCUT2D eigenvalue weighted by molar-refractivity contribution is 5.77. The number of hydrogen-bond acceptors (Lipinski definition) is 5. The van der Waals surface area contributed by atoms with Crippen molar-refractivity contribution in [3.8, 4) is 28.3 Å². The van der Waals surface area contributed by atoms with Crippen molar-refractivity contribution in [2.75, 3.05) is 6.61 Å². The summed E-state index contributed by atoms with van der Waals surface area (Å²) in [4.78, 5) is 37.6. The van der Waals surface area contributed by atoms with Crippen LogP contribution in [0.3, 0.4) is 0 Å². The van der Waals surface area contributed by atoms with Crippen LogP contribution in [0.1, 0.15) is 19.4 Å². The van der Waals surface area contributed by atoms with E-state index in [0.717, 1.165) is 16.7 Å². The summed E-state index contributed by atoms with van der Waals surface area (Å²) in [5.41, 5.74) is 3.83. The molecule has 0 aliphatic rings. The molecule has 0 unspecified atom stereocenters. The molecule has 2 aromatic carbocycles. The molecule has 3 N–H and O–H groups in total. The molecule has 2 aromatic heterocycles. The number of benzene rings is 2. The van der Waals surface area contributed by atoms with Crippen molar-refractivity contribution in [3.63, 3.8) is 0 Å². The van der Waals surface area contributed by atoms with Gasteiger partial charge in [0.1, 0.15) is 11.6 Å². The van der Waals surface area contributed by atoms with Crippen LogP contribution in [0.25, 0.3) is 33.7 Å². The van der Waals surface area contributed by atoms with E-state index < -0.39 is 11.9 Å². The Hall–Kier alpha value is -3.94. The number of ether oxygens (including phenoxy) is 1. The number of H-pyrrole nitrogens is 2. The van der Waals surface area contributed by atoms with Crippen LogP contribution in [-0.4, -0.2) is 37.6 Å². The van der Waals surface area contributed by atoms with Crippen LogP contribution >= 0.6 is 0 Å². The van der Waals surface area contributed by atoms with Crippen molar-refractivity contribution in [1.82, 2.24) is 19.9 Å². The second-order valence-electron chi connectivity index (χ2n) is 7.30. The minimum absolute atomic E-state index is 0.302. The van der Waals surface area contributed by atoms with Gasteiger partial charge in [-0.1, -0.05) is 37.3 Å². The zero-order chi connectivity index (χ0) is 22.0. The van der Waals surface area contributed by atoms with Gasteiger partial charge >= 0.3 is 5.97 Å². The molecule has 0 amide bonds. The number of carboxylic acid groups (broad SMARTS) is 1. The van der Waals surface area contributed by atoms with E-state index in [9.17, 15) is 14.7 Å². The van der Waals surface area contributed by atoms with Crippen molar-refractivity contribution in [3.05, 3.63) is 64.7 Å². The molecule has 1 atom stereocenters. The van der Waals surface area contributed by atoms with Gasteiger partial charge in [-0.3, -0.25) is 9.59 Å². The molecule has 0 bridgehead atoms.